The number of methoxy groups -OCH3 is 1. The quantitative estimate of drug-likeness (QED) is 0.763. The second-order valence-electron chi connectivity index (χ2n) is 5.49. The highest BCUT2D eigenvalue weighted by Gasteiger charge is 2.18. The van der Waals surface area contributed by atoms with Gasteiger partial charge in [0.2, 0.25) is 0 Å². The number of hydrazone groups is 1. The molecule has 1 saturated heterocycles. The van der Waals surface area contributed by atoms with Gasteiger partial charge in [0.05, 0.1) is 42.1 Å². The van der Waals surface area contributed by atoms with Crippen LogP contribution in [0.2, 0.25) is 10.0 Å². The Balaban J connectivity index is 1.64. The molecule has 0 radical (unpaired) electrons. The predicted molar refractivity (Wildman–Crippen MR) is 101 cm³/mol. The van der Waals surface area contributed by atoms with Gasteiger partial charge >= 0.3 is 0 Å². The van der Waals surface area contributed by atoms with Crippen LogP contribution >= 0.6 is 23.2 Å². The number of rotatable bonds is 4. The molecule has 4 nitrogen and oxygen atoms in total. The number of halogens is 2. The lowest BCUT2D eigenvalue weighted by atomic mass is 10.2. The van der Waals surface area contributed by atoms with Gasteiger partial charge in [0.15, 0.2) is 0 Å². The third-order valence-corrected chi connectivity index (χ3v) is 4.69. The molecule has 24 heavy (non-hydrogen) atoms. The smallest absolute Gasteiger partial charge is 0.142 e. The van der Waals surface area contributed by atoms with E-state index in [9.17, 15) is 0 Å². The normalized spacial score (nSPS) is 15.1. The van der Waals surface area contributed by atoms with E-state index >= 15 is 0 Å². The van der Waals surface area contributed by atoms with Crippen molar-refractivity contribution in [2.75, 3.05) is 38.2 Å². The van der Waals surface area contributed by atoms with E-state index < -0.39 is 0 Å². The third-order valence-electron chi connectivity index (χ3n) is 4.03. The van der Waals surface area contributed by atoms with Gasteiger partial charge in [-0.25, -0.2) is 0 Å². The number of anilines is 1. The topological polar surface area (TPSA) is 28.1 Å². The Morgan fingerprint density at radius 2 is 1.62 bits per heavy atom. The Kier molecular flexibility index (Phi) is 5.48. The molecule has 0 unspecified atom stereocenters. The Bertz CT molecular complexity index is 708. The lowest BCUT2D eigenvalue weighted by Gasteiger charge is -2.35. The van der Waals surface area contributed by atoms with Gasteiger partial charge in [-0.3, -0.25) is 5.01 Å². The van der Waals surface area contributed by atoms with E-state index in [1.54, 1.807) is 13.3 Å². The lowest BCUT2D eigenvalue weighted by Crippen LogP contribution is -2.44. The van der Waals surface area contributed by atoms with E-state index in [2.05, 4.69) is 16.1 Å². The van der Waals surface area contributed by atoms with Crippen molar-refractivity contribution in [2.24, 2.45) is 5.10 Å². The predicted octanol–water partition coefficient (Wildman–Crippen LogP) is 4.16. The average Bonchev–Trinajstić information content (AvgIpc) is 2.62. The Morgan fingerprint density at radius 1 is 0.958 bits per heavy atom. The number of hydrogen-bond acceptors (Lipinski definition) is 4. The first-order chi connectivity index (χ1) is 11.7. The van der Waals surface area contributed by atoms with Gasteiger partial charge in [0.1, 0.15) is 5.75 Å². The molecule has 1 heterocycles. The second-order valence-corrected chi connectivity index (χ2v) is 6.31. The number of hydrogen-bond donors (Lipinski definition) is 0. The minimum Gasteiger partial charge on any atom is -0.495 e. The van der Waals surface area contributed by atoms with Crippen molar-refractivity contribution in [2.45, 2.75) is 0 Å². The number of piperazine rings is 1. The molecule has 0 spiro atoms. The van der Waals surface area contributed by atoms with Crippen LogP contribution in [0, 0.1) is 0 Å². The molecule has 3 rings (SSSR count). The van der Waals surface area contributed by atoms with Gasteiger partial charge < -0.3 is 9.64 Å². The fourth-order valence-electron chi connectivity index (χ4n) is 2.72. The van der Waals surface area contributed by atoms with E-state index in [4.69, 9.17) is 27.9 Å². The highest BCUT2D eigenvalue weighted by atomic mass is 35.5. The standard InChI is InChI=1S/C18H19Cl2N3O/c1-24-18-8-3-2-7-17(18)22-9-11-23(12-10-22)21-13-14-15(19)5-4-6-16(14)20/h2-8,13H,9-12H2,1H3/b21-13+. The summed E-state index contributed by atoms with van der Waals surface area (Å²) in [6.07, 6.45) is 1.74. The molecule has 1 aliphatic heterocycles. The van der Waals surface area contributed by atoms with Crippen LogP contribution in [0.5, 0.6) is 5.75 Å². The fourth-order valence-corrected chi connectivity index (χ4v) is 3.21. The van der Waals surface area contributed by atoms with Crippen LogP contribution in [-0.4, -0.2) is 44.5 Å². The molecule has 0 bridgehead atoms. The Hall–Kier alpha value is -1.91. The molecule has 0 N–H and O–H groups in total. The van der Waals surface area contributed by atoms with Crippen molar-refractivity contribution >= 4 is 35.1 Å². The number of ether oxygens (including phenoxy) is 1. The molecule has 0 aromatic heterocycles. The first-order valence-corrected chi connectivity index (χ1v) is 8.55. The van der Waals surface area contributed by atoms with Gasteiger partial charge in [-0.15, -0.1) is 0 Å². The number of nitrogens with zero attached hydrogens (tertiary/aromatic N) is 3. The lowest BCUT2D eigenvalue weighted by molar-refractivity contribution is 0.271. The van der Waals surface area contributed by atoms with E-state index in [1.165, 1.54) is 0 Å². The van der Waals surface area contributed by atoms with Gasteiger partial charge in [-0.2, -0.15) is 5.10 Å². The highest BCUT2D eigenvalue weighted by Crippen LogP contribution is 2.28. The van der Waals surface area contributed by atoms with Crippen LogP contribution < -0.4 is 9.64 Å². The summed E-state index contributed by atoms with van der Waals surface area (Å²) in [5.74, 6) is 0.900. The maximum absolute atomic E-state index is 6.17. The van der Waals surface area contributed by atoms with Gasteiger partial charge in [0.25, 0.3) is 0 Å². The zero-order valence-electron chi connectivity index (χ0n) is 13.5. The largest absolute Gasteiger partial charge is 0.495 e. The molecule has 0 amide bonds. The molecule has 126 valence electrons. The summed E-state index contributed by atoms with van der Waals surface area (Å²) in [5.41, 5.74) is 1.88. The average molecular weight is 364 g/mol. The molecule has 0 saturated carbocycles. The molecule has 0 atom stereocenters. The summed E-state index contributed by atoms with van der Waals surface area (Å²) in [6.45, 7) is 3.43. The number of para-hydroxylation sites is 2. The maximum Gasteiger partial charge on any atom is 0.142 e. The first-order valence-electron chi connectivity index (χ1n) is 7.80. The van der Waals surface area contributed by atoms with Crippen LogP contribution in [0.3, 0.4) is 0 Å². The summed E-state index contributed by atoms with van der Waals surface area (Å²) in [4.78, 5) is 2.31. The number of benzene rings is 2. The van der Waals surface area contributed by atoms with Crippen molar-refractivity contribution in [3.8, 4) is 5.75 Å². The van der Waals surface area contributed by atoms with Crippen molar-refractivity contribution in [1.29, 1.82) is 0 Å². The van der Waals surface area contributed by atoms with E-state index in [0.717, 1.165) is 43.2 Å². The molecule has 1 aliphatic rings. The van der Waals surface area contributed by atoms with Crippen LogP contribution in [0.25, 0.3) is 0 Å². The van der Waals surface area contributed by atoms with Crippen LogP contribution in [0.4, 0.5) is 5.69 Å². The van der Waals surface area contributed by atoms with Crippen molar-refractivity contribution in [1.82, 2.24) is 5.01 Å². The zero-order valence-corrected chi connectivity index (χ0v) is 15.0. The van der Waals surface area contributed by atoms with Crippen molar-refractivity contribution in [3.63, 3.8) is 0 Å². The molecule has 2 aromatic carbocycles. The van der Waals surface area contributed by atoms with Crippen LogP contribution in [0.1, 0.15) is 5.56 Å². The summed E-state index contributed by atoms with van der Waals surface area (Å²) in [7, 11) is 1.70. The van der Waals surface area contributed by atoms with Crippen LogP contribution in [-0.2, 0) is 0 Å². The van der Waals surface area contributed by atoms with Crippen molar-refractivity contribution < 1.29 is 4.74 Å². The maximum atomic E-state index is 6.17. The van der Waals surface area contributed by atoms with E-state index in [0.29, 0.717) is 10.0 Å². The zero-order chi connectivity index (χ0) is 16.9. The summed E-state index contributed by atoms with van der Waals surface area (Å²) < 4.78 is 5.44. The summed E-state index contributed by atoms with van der Waals surface area (Å²) in [6, 6.07) is 13.5. The van der Waals surface area contributed by atoms with Crippen molar-refractivity contribution in [3.05, 3.63) is 58.1 Å². The second kappa shape index (κ2) is 7.77. The SMILES string of the molecule is COc1ccccc1N1CCN(/N=C/c2c(Cl)cccc2Cl)CC1. The first kappa shape index (κ1) is 16.9. The molecule has 2 aromatic rings. The fraction of sp³-hybridized carbons (Fsp3) is 0.278. The summed E-state index contributed by atoms with van der Waals surface area (Å²) >= 11 is 12.3. The monoisotopic (exact) mass is 363 g/mol. The highest BCUT2D eigenvalue weighted by molar-refractivity contribution is 6.38. The minimum absolute atomic E-state index is 0.610. The Labute approximate surface area is 152 Å². The molecule has 0 aliphatic carbocycles. The molecular formula is C18H19Cl2N3O. The van der Waals surface area contributed by atoms with Gasteiger partial charge in [-0.1, -0.05) is 41.4 Å². The molecule has 6 heteroatoms. The molecular weight excluding hydrogens is 345 g/mol. The minimum atomic E-state index is 0.610. The van der Waals surface area contributed by atoms with Gasteiger partial charge in [0, 0.05) is 18.7 Å². The summed E-state index contributed by atoms with van der Waals surface area (Å²) in [5, 5.41) is 7.78. The van der Waals surface area contributed by atoms with E-state index in [1.807, 2.05) is 41.4 Å². The third kappa shape index (κ3) is 3.77. The Morgan fingerprint density at radius 3 is 2.29 bits per heavy atom. The van der Waals surface area contributed by atoms with Crippen LogP contribution in [0.15, 0.2) is 47.6 Å². The van der Waals surface area contributed by atoms with E-state index in [-0.39, 0.29) is 0 Å². The molecule has 1 fully saturated rings. The van der Waals surface area contributed by atoms with Gasteiger partial charge in [-0.05, 0) is 24.3 Å².